The van der Waals surface area contributed by atoms with Gasteiger partial charge in [-0.2, -0.15) is 5.10 Å². The van der Waals surface area contributed by atoms with E-state index in [1.807, 2.05) is 24.3 Å². The second kappa shape index (κ2) is 5.22. The number of halogens is 1. The van der Waals surface area contributed by atoms with Crippen LogP contribution < -0.4 is 4.74 Å². The highest BCUT2D eigenvalue weighted by atomic mass is 79.9. The van der Waals surface area contributed by atoms with Crippen molar-refractivity contribution in [3.8, 4) is 17.0 Å². The summed E-state index contributed by atoms with van der Waals surface area (Å²) in [5.41, 5.74) is 2.07. The van der Waals surface area contributed by atoms with Crippen LogP contribution in [-0.2, 0) is 11.2 Å². The molecule has 94 valence electrons. The zero-order valence-corrected chi connectivity index (χ0v) is 11.2. The summed E-state index contributed by atoms with van der Waals surface area (Å²) in [6, 6.07) is 7.41. The topological polar surface area (TPSA) is 75.2 Å². The van der Waals surface area contributed by atoms with Crippen LogP contribution in [0, 0.1) is 0 Å². The van der Waals surface area contributed by atoms with Crippen molar-refractivity contribution in [2.45, 2.75) is 6.42 Å². The van der Waals surface area contributed by atoms with Gasteiger partial charge in [-0.25, -0.2) is 0 Å². The number of aromatic nitrogens is 2. The molecule has 18 heavy (non-hydrogen) atoms. The average molecular weight is 311 g/mol. The number of hydrogen-bond acceptors (Lipinski definition) is 3. The van der Waals surface area contributed by atoms with Crippen LogP contribution in [0.5, 0.6) is 5.75 Å². The number of carboxylic acids is 1. The molecule has 0 fully saturated rings. The average Bonchev–Trinajstić information content (AvgIpc) is 2.70. The lowest BCUT2D eigenvalue weighted by Crippen LogP contribution is -2.00. The van der Waals surface area contributed by atoms with Crippen LogP contribution >= 0.6 is 15.9 Å². The van der Waals surface area contributed by atoms with E-state index in [-0.39, 0.29) is 6.42 Å². The molecule has 0 bridgehead atoms. The number of carboxylic acid groups (broad SMARTS) is 1. The molecule has 1 heterocycles. The van der Waals surface area contributed by atoms with Crippen LogP contribution in [0.4, 0.5) is 0 Å². The van der Waals surface area contributed by atoms with Crippen LogP contribution in [-0.4, -0.2) is 28.4 Å². The Hall–Kier alpha value is -1.82. The summed E-state index contributed by atoms with van der Waals surface area (Å²) in [5.74, 6) is -0.182. The summed E-state index contributed by atoms with van der Waals surface area (Å²) in [7, 11) is 1.59. The maximum atomic E-state index is 10.7. The molecule has 0 amide bonds. The summed E-state index contributed by atoms with van der Waals surface area (Å²) < 4.78 is 5.81. The lowest BCUT2D eigenvalue weighted by Gasteiger charge is -2.02. The second-order valence-electron chi connectivity index (χ2n) is 3.67. The second-order valence-corrected chi connectivity index (χ2v) is 4.46. The van der Waals surface area contributed by atoms with Gasteiger partial charge in [-0.3, -0.25) is 9.89 Å². The number of aromatic amines is 1. The molecule has 6 heteroatoms. The van der Waals surface area contributed by atoms with E-state index in [2.05, 4.69) is 26.1 Å². The van der Waals surface area contributed by atoms with Crippen LogP contribution in [0.25, 0.3) is 11.3 Å². The highest BCUT2D eigenvalue weighted by Gasteiger charge is 2.14. The maximum Gasteiger partial charge on any atom is 0.309 e. The quantitative estimate of drug-likeness (QED) is 0.909. The Morgan fingerprint density at radius 3 is 3.00 bits per heavy atom. The first-order valence-corrected chi connectivity index (χ1v) is 6.00. The zero-order valence-electron chi connectivity index (χ0n) is 9.61. The van der Waals surface area contributed by atoms with Gasteiger partial charge in [-0.15, -0.1) is 0 Å². The van der Waals surface area contributed by atoms with Crippen LogP contribution in [0.3, 0.4) is 0 Å². The Kier molecular flexibility index (Phi) is 3.66. The molecule has 0 unspecified atom stereocenters. The fraction of sp³-hybridized carbons (Fsp3) is 0.167. The standard InChI is InChI=1S/C12H11BrN2O3/c1-18-8-4-2-3-7(5-8)12-11(13)9(14-15-12)6-10(16)17/h2-5H,6H2,1H3,(H,14,15)(H,16,17). The lowest BCUT2D eigenvalue weighted by molar-refractivity contribution is -0.136. The van der Waals surface area contributed by atoms with Crippen molar-refractivity contribution < 1.29 is 14.6 Å². The summed E-state index contributed by atoms with van der Waals surface area (Å²) in [5, 5.41) is 15.6. The van der Waals surface area contributed by atoms with Gasteiger partial charge in [-0.05, 0) is 28.1 Å². The molecule has 2 aromatic rings. The van der Waals surface area contributed by atoms with Crippen molar-refractivity contribution in [3.05, 3.63) is 34.4 Å². The molecule has 0 saturated carbocycles. The molecular formula is C12H11BrN2O3. The van der Waals surface area contributed by atoms with Crippen molar-refractivity contribution in [3.63, 3.8) is 0 Å². The number of aliphatic carboxylic acids is 1. The molecule has 0 aliphatic carbocycles. The first-order valence-electron chi connectivity index (χ1n) is 5.20. The monoisotopic (exact) mass is 310 g/mol. The molecule has 0 aliphatic heterocycles. The first kappa shape index (κ1) is 12.6. The van der Waals surface area contributed by atoms with Crippen LogP contribution in [0.1, 0.15) is 5.69 Å². The predicted molar refractivity (Wildman–Crippen MR) is 69.6 cm³/mol. The molecule has 2 N–H and O–H groups in total. The number of nitrogens with one attached hydrogen (secondary N) is 1. The van der Waals surface area contributed by atoms with Gasteiger partial charge in [0.1, 0.15) is 11.4 Å². The Morgan fingerprint density at radius 2 is 2.33 bits per heavy atom. The number of carbonyl (C=O) groups is 1. The van der Waals surface area contributed by atoms with Gasteiger partial charge in [0, 0.05) is 5.56 Å². The van der Waals surface area contributed by atoms with Crippen LogP contribution in [0.2, 0.25) is 0 Å². The minimum Gasteiger partial charge on any atom is -0.497 e. The fourth-order valence-electron chi connectivity index (χ4n) is 1.59. The smallest absolute Gasteiger partial charge is 0.309 e. The van der Waals surface area contributed by atoms with E-state index in [4.69, 9.17) is 9.84 Å². The van der Waals surface area contributed by atoms with E-state index in [0.717, 1.165) is 11.3 Å². The number of methoxy groups -OCH3 is 1. The number of rotatable bonds is 4. The molecule has 0 radical (unpaired) electrons. The third-order valence-electron chi connectivity index (χ3n) is 2.45. The summed E-state index contributed by atoms with van der Waals surface area (Å²) in [6.45, 7) is 0. The van der Waals surface area contributed by atoms with Crippen LogP contribution in [0.15, 0.2) is 28.7 Å². The fourth-order valence-corrected chi connectivity index (χ4v) is 2.14. The van der Waals surface area contributed by atoms with Crippen molar-refractivity contribution in [2.24, 2.45) is 0 Å². The van der Waals surface area contributed by atoms with Gasteiger partial charge in [0.15, 0.2) is 0 Å². The summed E-state index contributed by atoms with van der Waals surface area (Å²) in [4.78, 5) is 10.7. The Balaban J connectivity index is 2.38. The number of hydrogen-bond donors (Lipinski definition) is 2. The molecule has 5 nitrogen and oxygen atoms in total. The number of nitrogens with zero attached hydrogens (tertiary/aromatic N) is 1. The van der Waals surface area contributed by atoms with E-state index >= 15 is 0 Å². The molecule has 1 aromatic heterocycles. The summed E-state index contributed by atoms with van der Waals surface area (Å²) >= 11 is 3.37. The van der Waals surface area contributed by atoms with E-state index in [1.165, 1.54) is 0 Å². The molecule has 0 aliphatic rings. The Morgan fingerprint density at radius 1 is 1.56 bits per heavy atom. The van der Waals surface area contributed by atoms with Crippen molar-refractivity contribution >= 4 is 21.9 Å². The highest BCUT2D eigenvalue weighted by molar-refractivity contribution is 9.10. The number of ether oxygens (including phenoxy) is 1. The molecular weight excluding hydrogens is 300 g/mol. The van der Waals surface area contributed by atoms with Gasteiger partial charge in [0.05, 0.1) is 23.7 Å². The van der Waals surface area contributed by atoms with Gasteiger partial charge in [-0.1, -0.05) is 12.1 Å². The highest BCUT2D eigenvalue weighted by Crippen LogP contribution is 2.30. The Labute approximate surface area is 112 Å². The van der Waals surface area contributed by atoms with Gasteiger partial charge < -0.3 is 9.84 Å². The minimum atomic E-state index is -0.906. The summed E-state index contributed by atoms with van der Waals surface area (Å²) in [6.07, 6.45) is -0.0997. The maximum absolute atomic E-state index is 10.7. The third-order valence-corrected chi connectivity index (χ3v) is 3.30. The first-order chi connectivity index (χ1) is 8.61. The SMILES string of the molecule is COc1cccc(-c2n[nH]c(CC(=O)O)c2Br)c1. The van der Waals surface area contributed by atoms with E-state index in [9.17, 15) is 4.79 Å². The third kappa shape index (κ3) is 2.53. The molecule has 1 aromatic carbocycles. The predicted octanol–water partition coefficient (Wildman–Crippen LogP) is 2.47. The largest absolute Gasteiger partial charge is 0.497 e. The molecule has 0 spiro atoms. The van der Waals surface area contributed by atoms with Crippen molar-refractivity contribution in [1.29, 1.82) is 0 Å². The van der Waals surface area contributed by atoms with Gasteiger partial charge in [0.25, 0.3) is 0 Å². The zero-order chi connectivity index (χ0) is 13.1. The van der Waals surface area contributed by atoms with Gasteiger partial charge >= 0.3 is 5.97 Å². The normalized spacial score (nSPS) is 10.3. The Bertz CT molecular complexity index is 580. The minimum absolute atomic E-state index is 0.0997. The molecule has 2 rings (SSSR count). The van der Waals surface area contributed by atoms with E-state index in [1.54, 1.807) is 7.11 Å². The molecule has 0 atom stereocenters. The number of H-pyrrole nitrogens is 1. The van der Waals surface area contributed by atoms with Gasteiger partial charge in [0.2, 0.25) is 0 Å². The van der Waals surface area contributed by atoms with E-state index in [0.29, 0.717) is 15.9 Å². The van der Waals surface area contributed by atoms with Crippen molar-refractivity contribution in [2.75, 3.05) is 7.11 Å². The van der Waals surface area contributed by atoms with Crippen molar-refractivity contribution in [1.82, 2.24) is 10.2 Å². The number of benzene rings is 1. The molecule has 0 saturated heterocycles. The van der Waals surface area contributed by atoms with E-state index < -0.39 is 5.97 Å². The lowest BCUT2D eigenvalue weighted by atomic mass is 10.1.